The van der Waals surface area contributed by atoms with Crippen molar-refractivity contribution in [1.82, 2.24) is 0 Å². The van der Waals surface area contributed by atoms with Gasteiger partial charge < -0.3 is 9.66 Å². The smallest absolute Gasteiger partial charge is 0.748 e. The molecule has 104 valence electrons. The molecule has 0 aliphatic rings. The van der Waals surface area contributed by atoms with Crippen LogP contribution in [0.15, 0.2) is 0 Å². The predicted octanol–water partition coefficient (Wildman–Crippen LogP) is -0.573. The van der Waals surface area contributed by atoms with Crippen LogP contribution in [0.2, 0.25) is 0 Å². The van der Waals surface area contributed by atoms with Gasteiger partial charge in [0.2, 0.25) is 0 Å². The van der Waals surface area contributed by atoms with Gasteiger partial charge in [-0.3, -0.25) is 0 Å². The van der Waals surface area contributed by atoms with Crippen molar-refractivity contribution in [3.05, 3.63) is 0 Å². The van der Waals surface area contributed by atoms with E-state index in [1.54, 1.807) is 0 Å². The van der Waals surface area contributed by atoms with E-state index in [0.29, 0.717) is 19.3 Å². The summed E-state index contributed by atoms with van der Waals surface area (Å²) in [7, 11) is -4.08. The molecule has 0 aliphatic carbocycles. The second-order valence-electron chi connectivity index (χ2n) is 4.61. The minimum absolute atomic E-state index is 0. The molecule has 0 aromatic rings. The summed E-state index contributed by atoms with van der Waals surface area (Å²) in [5.41, 5.74) is 0. The third-order valence-corrected chi connectivity index (χ3v) is 3.61. The number of rotatable bonds is 11. The predicted molar refractivity (Wildman–Crippen MR) is 67.8 cm³/mol. The summed E-state index contributed by atoms with van der Waals surface area (Å²) >= 11 is 0. The quantitative estimate of drug-likeness (QED) is 0.314. The van der Waals surface area contributed by atoms with Crippen molar-refractivity contribution in [3.8, 4) is 0 Å². The third-order valence-electron chi connectivity index (χ3n) is 2.82. The van der Waals surface area contributed by atoms with Gasteiger partial charge in [-0.2, -0.15) is 0 Å². The summed E-state index contributed by atoms with van der Waals surface area (Å²) in [4.78, 5) is 0. The first kappa shape index (κ1) is 21.2. The molecule has 1 N–H and O–H groups in total. The first-order valence-electron chi connectivity index (χ1n) is 6.57. The number of aliphatic hydroxyl groups excluding tert-OH is 1. The van der Waals surface area contributed by atoms with Gasteiger partial charge >= 0.3 is 29.6 Å². The van der Waals surface area contributed by atoms with Crippen LogP contribution in [0.4, 0.5) is 0 Å². The summed E-state index contributed by atoms with van der Waals surface area (Å²) in [6, 6.07) is 0. The van der Waals surface area contributed by atoms with Crippen LogP contribution in [-0.4, -0.2) is 29.9 Å². The Kier molecular flexibility index (Phi) is 15.2. The minimum Gasteiger partial charge on any atom is -0.748 e. The molecule has 0 saturated heterocycles. The standard InChI is InChI=1S/C12H26O4S.Na/c1-2-3-4-5-6-9-12(13)10-7-8-11-17(14,15)16;/h12-13H,2-11H2,1H3,(H,14,15,16);/q;+1/p-1. The molecule has 0 heterocycles. The Morgan fingerprint density at radius 2 is 1.50 bits per heavy atom. The van der Waals surface area contributed by atoms with Crippen LogP contribution >= 0.6 is 0 Å². The number of unbranched alkanes of at least 4 members (excludes halogenated alkanes) is 5. The van der Waals surface area contributed by atoms with Crippen molar-refractivity contribution in [2.45, 2.75) is 70.8 Å². The molecule has 0 fully saturated rings. The van der Waals surface area contributed by atoms with Gasteiger partial charge in [-0.25, -0.2) is 8.42 Å². The summed E-state index contributed by atoms with van der Waals surface area (Å²) < 4.78 is 31.0. The summed E-state index contributed by atoms with van der Waals surface area (Å²) in [6.07, 6.45) is 7.88. The van der Waals surface area contributed by atoms with E-state index in [2.05, 4.69) is 6.92 Å². The average Bonchev–Trinajstić information content (AvgIpc) is 2.23. The van der Waals surface area contributed by atoms with Crippen LogP contribution in [-0.2, 0) is 10.1 Å². The van der Waals surface area contributed by atoms with Gasteiger partial charge in [0.1, 0.15) is 0 Å². The number of aliphatic hydroxyl groups is 1. The van der Waals surface area contributed by atoms with E-state index in [9.17, 15) is 18.1 Å². The summed E-state index contributed by atoms with van der Waals surface area (Å²) in [6.45, 7) is 2.17. The third kappa shape index (κ3) is 16.9. The second kappa shape index (κ2) is 12.9. The van der Waals surface area contributed by atoms with Crippen LogP contribution < -0.4 is 29.6 Å². The maximum atomic E-state index is 10.3. The van der Waals surface area contributed by atoms with Crippen molar-refractivity contribution in [3.63, 3.8) is 0 Å². The molecule has 18 heavy (non-hydrogen) atoms. The van der Waals surface area contributed by atoms with Gasteiger partial charge in [-0.1, -0.05) is 39.0 Å². The van der Waals surface area contributed by atoms with Gasteiger partial charge in [-0.05, 0) is 25.7 Å². The fraction of sp³-hybridized carbons (Fsp3) is 1.00. The van der Waals surface area contributed by atoms with Gasteiger partial charge in [0.25, 0.3) is 0 Å². The molecule has 0 rings (SSSR count). The van der Waals surface area contributed by atoms with Crippen LogP contribution in [0.25, 0.3) is 0 Å². The molecule has 0 spiro atoms. The maximum Gasteiger partial charge on any atom is 1.00 e. The average molecular weight is 288 g/mol. The Hall–Kier alpha value is 0.870. The Morgan fingerprint density at radius 3 is 2.00 bits per heavy atom. The van der Waals surface area contributed by atoms with Crippen molar-refractivity contribution < 1.29 is 47.6 Å². The maximum absolute atomic E-state index is 10.3. The van der Waals surface area contributed by atoms with Gasteiger partial charge in [0, 0.05) is 5.75 Å². The summed E-state index contributed by atoms with van der Waals surface area (Å²) in [5, 5.41) is 9.61. The summed E-state index contributed by atoms with van der Waals surface area (Å²) in [5.74, 6) is -0.309. The van der Waals surface area contributed by atoms with Crippen molar-refractivity contribution in [2.75, 3.05) is 5.75 Å². The molecule has 4 nitrogen and oxygen atoms in total. The van der Waals surface area contributed by atoms with Crippen molar-refractivity contribution in [1.29, 1.82) is 0 Å². The van der Waals surface area contributed by atoms with E-state index >= 15 is 0 Å². The van der Waals surface area contributed by atoms with E-state index in [1.165, 1.54) is 19.3 Å². The van der Waals surface area contributed by atoms with Gasteiger partial charge in [0.05, 0.1) is 16.2 Å². The Morgan fingerprint density at radius 1 is 1.00 bits per heavy atom. The van der Waals surface area contributed by atoms with E-state index in [-0.39, 0.29) is 41.4 Å². The first-order chi connectivity index (χ1) is 7.95. The fourth-order valence-corrected chi connectivity index (χ4v) is 2.34. The molecule has 0 radical (unpaired) electrons. The molecule has 0 amide bonds. The largest absolute Gasteiger partial charge is 1.00 e. The van der Waals surface area contributed by atoms with Gasteiger partial charge in [-0.15, -0.1) is 0 Å². The molecular formula is C12H25NaO4S. The molecule has 0 aliphatic heterocycles. The molecule has 1 atom stereocenters. The number of hydrogen-bond acceptors (Lipinski definition) is 4. The zero-order valence-corrected chi connectivity index (χ0v) is 14.5. The molecule has 0 saturated carbocycles. The molecule has 0 aromatic carbocycles. The van der Waals surface area contributed by atoms with Crippen LogP contribution in [0.3, 0.4) is 0 Å². The zero-order valence-electron chi connectivity index (χ0n) is 11.7. The first-order valence-corrected chi connectivity index (χ1v) is 8.15. The van der Waals surface area contributed by atoms with Crippen LogP contribution in [0, 0.1) is 0 Å². The fourth-order valence-electron chi connectivity index (χ4n) is 1.79. The van der Waals surface area contributed by atoms with Gasteiger partial charge in [0.15, 0.2) is 0 Å². The Labute approximate surface area is 134 Å². The Balaban J connectivity index is 0. The molecule has 0 bridgehead atoms. The SMILES string of the molecule is CCCCCCCC(O)CCCCS(=O)(=O)[O-].[Na+]. The number of hydrogen-bond donors (Lipinski definition) is 1. The molecule has 6 heteroatoms. The second-order valence-corrected chi connectivity index (χ2v) is 6.14. The monoisotopic (exact) mass is 288 g/mol. The molecular weight excluding hydrogens is 263 g/mol. The normalized spacial score (nSPS) is 13.1. The van der Waals surface area contributed by atoms with Crippen molar-refractivity contribution in [2.24, 2.45) is 0 Å². The van der Waals surface area contributed by atoms with Crippen LogP contribution in [0.1, 0.15) is 64.7 Å². The zero-order chi connectivity index (χ0) is 13.1. The van der Waals surface area contributed by atoms with Crippen molar-refractivity contribution >= 4 is 10.1 Å². The van der Waals surface area contributed by atoms with Crippen LogP contribution in [0.5, 0.6) is 0 Å². The minimum atomic E-state index is -4.08. The van der Waals surface area contributed by atoms with E-state index in [0.717, 1.165) is 19.3 Å². The van der Waals surface area contributed by atoms with E-state index < -0.39 is 10.1 Å². The Bertz CT molecular complexity index is 267. The molecule has 0 aromatic heterocycles. The molecule has 1 unspecified atom stereocenters. The topological polar surface area (TPSA) is 77.4 Å². The van der Waals surface area contributed by atoms with E-state index in [4.69, 9.17) is 0 Å². The van der Waals surface area contributed by atoms with E-state index in [1.807, 2.05) is 0 Å².